The largest absolute Gasteiger partial charge is 0.372 e. The van der Waals surface area contributed by atoms with Gasteiger partial charge in [0.2, 0.25) is 0 Å². The summed E-state index contributed by atoms with van der Waals surface area (Å²) in [6, 6.07) is 3.47. The number of hydrogen-bond acceptors (Lipinski definition) is 4. The molecule has 0 aromatic carbocycles. The zero-order chi connectivity index (χ0) is 11.8. The monoisotopic (exact) mass is 258 g/mol. The summed E-state index contributed by atoms with van der Waals surface area (Å²) in [6.07, 6.45) is 0.0805. The van der Waals surface area contributed by atoms with Gasteiger partial charge in [0, 0.05) is 13.6 Å². The quantitative estimate of drug-likeness (QED) is 0.558. The first-order valence-corrected chi connectivity index (χ1v) is 7.27. The standard InChI is InChI=1S/C9H13BNO3S2/c1-10-8-3-4-9(15-8)16(12,13)11(2)5-7-6-14-7/h3-4,7H,5-6H2,1-2H3/t7-/m0/s1. The van der Waals surface area contributed by atoms with Crippen molar-refractivity contribution in [3.8, 4) is 0 Å². The number of likely N-dealkylation sites (N-methyl/N-ethyl adjacent to an activating group) is 1. The van der Waals surface area contributed by atoms with Gasteiger partial charge in [-0.15, -0.1) is 11.3 Å². The number of hydrogen-bond donors (Lipinski definition) is 0. The Hall–Kier alpha value is -0.365. The van der Waals surface area contributed by atoms with Gasteiger partial charge in [-0.2, -0.15) is 4.31 Å². The van der Waals surface area contributed by atoms with Crippen LogP contribution in [0.1, 0.15) is 0 Å². The average molecular weight is 258 g/mol. The maximum atomic E-state index is 12.1. The molecule has 1 aliphatic heterocycles. The maximum absolute atomic E-state index is 12.1. The van der Waals surface area contributed by atoms with E-state index in [0.29, 0.717) is 17.4 Å². The van der Waals surface area contributed by atoms with Gasteiger partial charge < -0.3 is 4.74 Å². The summed E-state index contributed by atoms with van der Waals surface area (Å²) in [5.41, 5.74) is 0. The summed E-state index contributed by atoms with van der Waals surface area (Å²) in [6.45, 7) is 2.99. The van der Waals surface area contributed by atoms with Crippen molar-refractivity contribution in [2.75, 3.05) is 20.2 Å². The van der Waals surface area contributed by atoms with Crippen molar-refractivity contribution in [2.24, 2.45) is 0 Å². The zero-order valence-electron chi connectivity index (χ0n) is 9.21. The molecular weight excluding hydrogens is 245 g/mol. The smallest absolute Gasteiger partial charge is 0.252 e. The van der Waals surface area contributed by atoms with Gasteiger partial charge in [0.25, 0.3) is 10.0 Å². The van der Waals surface area contributed by atoms with Gasteiger partial charge in [0.15, 0.2) is 7.28 Å². The molecule has 0 aliphatic carbocycles. The van der Waals surface area contributed by atoms with E-state index in [9.17, 15) is 8.42 Å². The molecule has 0 unspecified atom stereocenters. The number of rotatable bonds is 5. The highest BCUT2D eigenvalue weighted by Crippen LogP contribution is 2.20. The molecule has 1 aromatic heterocycles. The fourth-order valence-corrected chi connectivity index (χ4v) is 3.96. The summed E-state index contributed by atoms with van der Waals surface area (Å²) in [7, 11) is 0.154. The van der Waals surface area contributed by atoms with Crippen LogP contribution in [0, 0.1) is 0 Å². The lowest BCUT2D eigenvalue weighted by Crippen LogP contribution is -2.30. The van der Waals surface area contributed by atoms with Crippen LogP contribution in [0.25, 0.3) is 0 Å². The zero-order valence-corrected chi connectivity index (χ0v) is 10.8. The lowest BCUT2D eigenvalue weighted by Gasteiger charge is -2.14. The Morgan fingerprint density at radius 1 is 1.62 bits per heavy atom. The second-order valence-corrected chi connectivity index (χ2v) is 7.07. The molecule has 16 heavy (non-hydrogen) atoms. The Morgan fingerprint density at radius 2 is 2.31 bits per heavy atom. The van der Waals surface area contributed by atoms with E-state index in [0.717, 1.165) is 4.78 Å². The number of thiophene rings is 1. The van der Waals surface area contributed by atoms with E-state index < -0.39 is 10.0 Å². The van der Waals surface area contributed by atoms with Gasteiger partial charge in [0.1, 0.15) is 4.21 Å². The number of epoxide rings is 1. The summed E-state index contributed by atoms with van der Waals surface area (Å²) >= 11 is 1.29. The van der Waals surface area contributed by atoms with Gasteiger partial charge in [-0.05, 0) is 10.8 Å². The van der Waals surface area contributed by atoms with Crippen LogP contribution in [-0.4, -0.2) is 46.3 Å². The predicted molar refractivity (Wildman–Crippen MR) is 65.1 cm³/mol. The van der Waals surface area contributed by atoms with Crippen molar-refractivity contribution in [1.29, 1.82) is 0 Å². The Labute approximate surface area is 101 Å². The summed E-state index contributed by atoms with van der Waals surface area (Å²) in [5.74, 6) is 0. The van der Waals surface area contributed by atoms with E-state index in [-0.39, 0.29) is 6.10 Å². The minimum Gasteiger partial charge on any atom is -0.372 e. The molecule has 0 spiro atoms. The van der Waals surface area contributed by atoms with Crippen LogP contribution in [0.5, 0.6) is 0 Å². The highest BCUT2D eigenvalue weighted by atomic mass is 32.2. The molecule has 1 aromatic rings. The molecule has 1 radical (unpaired) electrons. The first kappa shape index (κ1) is 12.1. The Bertz CT molecular complexity index is 467. The summed E-state index contributed by atoms with van der Waals surface area (Å²) < 4.78 is 31.9. The molecule has 1 saturated heterocycles. The van der Waals surface area contributed by atoms with Crippen LogP contribution in [-0.2, 0) is 14.8 Å². The highest BCUT2D eigenvalue weighted by molar-refractivity contribution is 7.91. The maximum Gasteiger partial charge on any atom is 0.252 e. The summed E-state index contributed by atoms with van der Waals surface area (Å²) in [5, 5.41) is 0. The molecule has 0 bridgehead atoms. The summed E-state index contributed by atoms with van der Waals surface area (Å²) in [4.78, 5) is 0. The van der Waals surface area contributed by atoms with Gasteiger partial charge in [0.05, 0.1) is 12.7 Å². The van der Waals surface area contributed by atoms with Crippen LogP contribution in [0.4, 0.5) is 0 Å². The van der Waals surface area contributed by atoms with Gasteiger partial charge in [-0.1, -0.05) is 12.9 Å². The minimum absolute atomic E-state index is 0.0805. The topological polar surface area (TPSA) is 49.9 Å². The van der Waals surface area contributed by atoms with Crippen molar-refractivity contribution in [1.82, 2.24) is 4.31 Å². The fourth-order valence-electron chi connectivity index (χ4n) is 1.34. The van der Waals surface area contributed by atoms with E-state index in [1.54, 1.807) is 13.1 Å². The van der Waals surface area contributed by atoms with Crippen molar-refractivity contribution < 1.29 is 13.2 Å². The number of sulfonamides is 1. The predicted octanol–water partition coefficient (Wildman–Crippen LogP) is 0.145. The first-order valence-electron chi connectivity index (χ1n) is 5.01. The van der Waals surface area contributed by atoms with Gasteiger partial charge >= 0.3 is 0 Å². The van der Waals surface area contributed by atoms with Crippen LogP contribution < -0.4 is 4.78 Å². The van der Waals surface area contributed by atoms with E-state index in [2.05, 4.69) is 0 Å². The van der Waals surface area contributed by atoms with Crippen molar-refractivity contribution in [3.05, 3.63) is 12.1 Å². The third kappa shape index (κ3) is 2.48. The van der Waals surface area contributed by atoms with E-state index >= 15 is 0 Å². The molecule has 7 heteroatoms. The normalized spacial score (nSPS) is 20.1. The molecule has 2 rings (SSSR count). The molecule has 1 aliphatic rings. The molecule has 1 fully saturated rings. The van der Waals surface area contributed by atoms with Crippen LogP contribution in [0.2, 0.25) is 6.82 Å². The fraction of sp³-hybridized carbons (Fsp3) is 0.556. The Kier molecular flexibility index (Phi) is 3.39. The second-order valence-electron chi connectivity index (χ2n) is 3.69. The highest BCUT2D eigenvalue weighted by Gasteiger charge is 2.30. The first-order chi connectivity index (χ1) is 7.54. The van der Waals surface area contributed by atoms with Crippen molar-refractivity contribution in [3.63, 3.8) is 0 Å². The molecule has 0 N–H and O–H groups in total. The molecule has 4 nitrogen and oxygen atoms in total. The lowest BCUT2D eigenvalue weighted by atomic mass is 9.81. The van der Waals surface area contributed by atoms with Gasteiger partial charge in [-0.3, -0.25) is 0 Å². The molecule has 2 heterocycles. The van der Waals surface area contributed by atoms with Crippen LogP contribution in [0.15, 0.2) is 16.3 Å². The number of nitrogens with zero attached hydrogens (tertiary/aromatic N) is 1. The van der Waals surface area contributed by atoms with E-state index in [1.165, 1.54) is 15.6 Å². The van der Waals surface area contributed by atoms with Crippen molar-refractivity contribution >= 4 is 33.4 Å². The minimum atomic E-state index is -3.33. The van der Waals surface area contributed by atoms with Crippen LogP contribution >= 0.6 is 11.3 Å². The lowest BCUT2D eigenvalue weighted by molar-refractivity contribution is 0.360. The third-order valence-electron chi connectivity index (χ3n) is 2.41. The molecule has 0 amide bonds. The average Bonchev–Trinajstić information content (AvgIpc) is 2.93. The third-order valence-corrected chi connectivity index (χ3v) is 5.86. The molecule has 0 saturated carbocycles. The van der Waals surface area contributed by atoms with Crippen LogP contribution in [0.3, 0.4) is 0 Å². The second kappa shape index (κ2) is 4.48. The van der Waals surface area contributed by atoms with Crippen molar-refractivity contribution in [2.45, 2.75) is 17.1 Å². The van der Waals surface area contributed by atoms with E-state index in [4.69, 9.17) is 4.74 Å². The number of ether oxygens (including phenoxy) is 1. The van der Waals surface area contributed by atoms with Gasteiger partial charge in [-0.25, -0.2) is 8.42 Å². The molecule has 87 valence electrons. The molecular formula is C9H13BNO3S2. The Balaban J connectivity index is 2.16. The SMILES string of the molecule is C[B]c1ccc(S(=O)(=O)N(C)C[C@H]2CO2)s1. The van der Waals surface area contributed by atoms with E-state index in [1.807, 2.05) is 20.2 Å². The molecule has 1 atom stereocenters. The Morgan fingerprint density at radius 3 is 2.81 bits per heavy atom.